The fraction of sp³-hybridized carbons (Fsp3) is 0.0833. The van der Waals surface area contributed by atoms with Crippen LogP contribution >= 0.6 is 23.2 Å². The minimum absolute atomic E-state index is 0.0687. The van der Waals surface area contributed by atoms with Gasteiger partial charge in [0.2, 0.25) is 0 Å². The molecule has 8 heteroatoms. The average molecular weight is 332 g/mol. The van der Waals surface area contributed by atoms with Crippen molar-refractivity contribution >= 4 is 44.7 Å². The number of halogens is 2. The molecule has 0 spiro atoms. The topological polar surface area (TPSA) is 85.1 Å². The fourth-order valence-corrected chi connectivity index (χ4v) is 2.99. The van der Waals surface area contributed by atoms with Crippen molar-refractivity contribution in [2.45, 2.75) is 11.8 Å². The van der Waals surface area contributed by atoms with Gasteiger partial charge in [-0.3, -0.25) is 4.72 Å². The maximum absolute atomic E-state index is 12.2. The third-order valence-corrected chi connectivity index (χ3v) is 4.49. The van der Waals surface area contributed by atoms with E-state index < -0.39 is 10.0 Å². The molecule has 0 fully saturated rings. The van der Waals surface area contributed by atoms with E-state index in [1.54, 1.807) is 18.2 Å². The van der Waals surface area contributed by atoms with E-state index in [0.29, 0.717) is 10.7 Å². The van der Waals surface area contributed by atoms with Gasteiger partial charge in [0.25, 0.3) is 10.0 Å². The number of anilines is 2. The van der Waals surface area contributed by atoms with Gasteiger partial charge in [0.15, 0.2) is 0 Å². The molecular weight excluding hydrogens is 321 g/mol. The predicted molar refractivity (Wildman–Crippen MR) is 80.7 cm³/mol. The fourth-order valence-electron chi connectivity index (χ4n) is 1.50. The van der Waals surface area contributed by atoms with Gasteiger partial charge in [0, 0.05) is 6.20 Å². The standard InChI is InChI=1S/C12H11Cl2N3O2S/c1-7-2-3-9(13)11(4-7)17-20(18,19)8-5-10(14)12(15)16-6-8/h2-6,17H,1H3,(H2,15,16). The van der Waals surface area contributed by atoms with Crippen LogP contribution in [-0.2, 0) is 10.0 Å². The Morgan fingerprint density at radius 3 is 2.55 bits per heavy atom. The normalized spacial score (nSPS) is 11.3. The minimum atomic E-state index is -3.83. The molecular formula is C12H11Cl2N3O2S. The predicted octanol–water partition coefficient (Wildman–Crippen LogP) is 3.08. The van der Waals surface area contributed by atoms with Crippen LogP contribution in [0.5, 0.6) is 0 Å². The van der Waals surface area contributed by atoms with Crippen LogP contribution in [-0.4, -0.2) is 13.4 Å². The number of nitrogens with one attached hydrogen (secondary N) is 1. The molecule has 0 saturated carbocycles. The third kappa shape index (κ3) is 3.15. The highest BCUT2D eigenvalue weighted by molar-refractivity contribution is 7.92. The molecule has 0 aliphatic rings. The maximum Gasteiger partial charge on any atom is 0.263 e. The highest BCUT2D eigenvalue weighted by Crippen LogP contribution is 2.27. The van der Waals surface area contributed by atoms with Crippen molar-refractivity contribution in [2.24, 2.45) is 0 Å². The molecule has 0 saturated heterocycles. The van der Waals surface area contributed by atoms with Crippen molar-refractivity contribution in [3.05, 3.63) is 46.1 Å². The van der Waals surface area contributed by atoms with Crippen LogP contribution in [0.15, 0.2) is 35.4 Å². The Labute approximate surface area is 126 Å². The van der Waals surface area contributed by atoms with Gasteiger partial charge >= 0.3 is 0 Å². The van der Waals surface area contributed by atoms with E-state index in [1.165, 1.54) is 6.07 Å². The molecule has 2 aromatic rings. The molecule has 1 heterocycles. The van der Waals surface area contributed by atoms with Gasteiger partial charge in [0.05, 0.1) is 15.7 Å². The number of aryl methyl sites for hydroxylation is 1. The number of hydrogen-bond donors (Lipinski definition) is 2. The van der Waals surface area contributed by atoms with Crippen LogP contribution < -0.4 is 10.5 Å². The molecule has 0 unspecified atom stereocenters. The highest BCUT2D eigenvalue weighted by Gasteiger charge is 2.17. The van der Waals surface area contributed by atoms with Crippen molar-refractivity contribution in [3.8, 4) is 0 Å². The Morgan fingerprint density at radius 2 is 1.90 bits per heavy atom. The smallest absolute Gasteiger partial charge is 0.263 e. The van der Waals surface area contributed by atoms with Gasteiger partial charge in [-0.2, -0.15) is 0 Å². The molecule has 0 bridgehead atoms. The van der Waals surface area contributed by atoms with Gasteiger partial charge in [-0.1, -0.05) is 29.3 Å². The zero-order valence-electron chi connectivity index (χ0n) is 10.4. The Hall–Kier alpha value is -1.50. The van der Waals surface area contributed by atoms with Crippen LogP contribution in [0.4, 0.5) is 11.5 Å². The summed E-state index contributed by atoms with van der Waals surface area (Å²) in [6.45, 7) is 1.83. The van der Waals surface area contributed by atoms with E-state index in [-0.39, 0.29) is 15.7 Å². The molecule has 20 heavy (non-hydrogen) atoms. The first-order chi connectivity index (χ1) is 9.29. The van der Waals surface area contributed by atoms with E-state index in [0.717, 1.165) is 11.8 Å². The number of benzene rings is 1. The number of nitrogens with zero attached hydrogens (tertiary/aromatic N) is 1. The second-order valence-electron chi connectivity index (χ2n) is 4.13. The summed E-state index contributed by atoms with van der Waals surface area (Å²) in [5.74, 6) is 0.0687. The van der Waals surface area contributed by atoms with E-state index >= 15 is 0 Å². The quantitative estimate of drug-likeness (QED) is 0.904. The summed E-state index contributed by atoms with van der Waals surface area (Å²) in [5, 5.41) is 0.372. The van der Waals surface area contributed by atoms with Gasteiger partial charge in [0.1, 0.15) is 10.7 Å². The lowest BCUT2D eigenvalue weighted by atomic mass is 10.2. The summed E-state index contributed by atoms with van der Waals surface area (Å²) in [7, 11) is -3.83. The van der Waals surface area contributed by atoms with Gasteiger partial charge in [-0.05, 0) is 30.7 Å². The number of nitrogens with two attached hydrogens (primary N) is 1. The lowest BCUT2D eigenvalue weighted by molar-refractivity contribution is 0.601. The van der Waals surface area contributed by atoms with Crippen molar-refractivity contribution in [1.82, 2.24) is 4.98 Å². The summed E-state index contributed by atoms with van der Waals surface area (Å²) in [6.07, 6.45) is 1.13. The van der Waals surface area contributed by atoms with Crippen molar-refractivity contribution in [2.75, 3.05) is 10.5 Å². The van der Waals surface area contributed by atoms with Crippen molar-refractivity contribution in [1.29, 1.82) is 0 Å². The van der Waals surface area contributed by atoms with Gasteiger partial charge in [-0.25, -0.2) is 13.4 Å². The van der Waals surface area contributed by atoms with E-state index in [2.05, 4.69) is 9.71 Å². The summed E-state index contributed by atoms with van der Waals surface area (Å²) in [5.41, 5.74) is 6.62. The number of rotatable bonds is 3. The van der Waals surface area contributed by atoms with Crippen molar-refractivity contribution < 1.29 is 8.42 Å². The zero-order chi connectivity index (χ0) is 14.9. The number of nitrogen functional groups attached to an aromatic ring is 1. The van der Waals surface area contributed by atoms with Crippen LogP contribution in [0.3, 0.4) is 0 Å². The molecule has 3 N–H and O–H groups in total. The molecule has 0 amide bonds. The van der Waals surface area contributed by atoms with E-state index in [1.807, 2.05) is 6.92 Å². The van der Waals surface area contributed by atoms with Crippen LogP contribution in [0.2, 0.25) is 10.0 Å². The lowest BCUT2D eigenvalue weighted by Gasteiger charge is -2.10. The molecule has 0 aliphatic heterocycles. The Morgan fingerprint density at radius 1 is 1.20 bits per heavy atom. The molecule has 1 aromatic heterocycles. The molecule has 0 radical (unpaired) electrons. The first kappa shape index (κ1) is 14.9. The van der Waals surface area contributed by atoms with Crippen LogP contribution in [0, 0.1) is 6.92 Å². The number of aromatic nitrogens is 1. The van der Waals surface area contributed by atoms with Gasteiger partial charge < -0.3 is 5.73 Å². The Balaban J connectivity index is 2.40. The minimum Gasteiger partial charge on any atom is -0.382 e. The summed E-state index contributed by atoms with van der Waals surface area (Å²) in [4.78, 5) is 3.63. The average Bonchev–Trinajstić information content (AvgIpc) is 2.36. The maximum atomic E-state index is 12.2. The zero-order valence-corrected chi connectivity index (χ0v) is 12.7. The lowest BCUT2D eigenvalue weighted by Crippen LogP contribution is -2.14. The summed E-state index contributed by atoms with van der Waals surface area (Å²) >= 11 is 11.7. The second-order valence-corrected chi connectivity index (χ2v) is 6.62. The number of pyridine rings is 1. The van der Waals surface area contributed by atoms with Crippen LogP contribution in [0.1, 0.15) is 5.56 Å². The molecule has 0 aliphatic carbocycles. The largest absolute Gasteiger partial charge is 0.382 e. The Kier molecular flexibility index (Phi) is 4.08. The monoisotopic (exact) mass is 331 g/mol. The SMILES string of the molecule is Cc1ccc(Cl)c(NS(=O)(=O)c2cnc(N)c(Cl)c2)c1. The highest BCUT2D eigenvalue weighted by atomic mass is 35.5. The van der Waals surface area contributed by atoms with E-state index in [9.17, 15) is 8.42 Å². The first-order valence-electron chi connectivity index (χ1n) is 5.49. The van der Waals surface area contributed by atoms with Gasteiger partial charge in [-0.15, -0.1) is 0 Å². The third-order valence-electron chi connectivity index (χ3n) is 2.52. The Bertz CT molecular complexity index is 763. The first-order valence-corrected chi connectivity index (χ1v) is 7.73. The van der Waals surface area contributed by atoms with Crippen molar-refractivity contribution in [3.63, 3.8) is 0 Å². The molecule has 1 aromatic carbocycles. The van der Waals surface area contributed by atoms with Crippen LogP contribution in [0.25, 0.3) is 0 Å². The summed E-state index contributed by atoms with van der Waals surface area (Å²) < 4.78 is 26.8. The molecule has 5 nitrogen and oxygen atoms in total. The summed E-state index contributed by atoms with van der Waals surface area (Å²) in [6, 6.07) is 6.26. The molecule has 106 valence electrons. The second kappa shape index (κ2) is 5.47. The van der Waals surface area contributed by atoms with E-state index in [4.69, 9.17) is 28.9 Å². The molecule has 0 atom stereocenters. The number of sulfonamides is 1. The molecule has 2 rings (SSSR count). The number of hydrogen-bond acceptors (Lipinski definition) is 4.